The Morgan fingerprint density at radius 1 is 1.41 bits per heavy atom. The van der Waals surface area contributed by atoms with Crippen LogP contribution in [0, 0.1) is 5.82 Å². The van der Waals surface area contributed by atoms with Gasteiger partial charge >= 0.3 is 0 Å². The summed E-state index contributed by atoms with van der Waals surface area (Å²) in [6.07, 6.45) is 2.64. The first-order chi connectivity index (χ1) is 7.99. The molecule has 2 rings (SSSR count). The van der Waals surface area contributed by atoms with E-state index in [1.807, 2.05) is 0 Å². The summed E-state index contributed by atoms with van der Waals surface area (Å²) in [6.45, 7) is 0. The molecule has 0 aliphatic heterocycles. The van der Waals surface area contributed by atoms with Gasteiger partial charge in [-0.1, -0.05) is 15.9 Å². The smallest absolute Gasteiger partial charge is 0.264 e. The topological polar surface area (TPSA) is 74.8 Å². The van der Waals surface area contributed by atoms with Gasteiger partial charge < -0.3 is 0 Å². The molecule has 0 aliphatic carbocycles. The maximum Gasteiger partial charge on any atom is 0.264 e. The van der Waals surface area contributed by atoms with Crippen LogP contribution in [0.3, 0.4) is 0 Å². The lowest BCUT2D eigenvalue weighted by atomic mass is 10.3. The van der Waals surface area contributed by atoms with Crippen LogP contribution in [0.25, 0.3) is 0 Å². The summed E-state index contributed by atoms with van der Waals surface area (Å²) in [5, 5.41) is 6.03. The lowest BCUT2D eigenvalue weighted by Crippen LogP contribution is -2.14. The van der Waals surface area contributed by atoms with Crippen molar-refractivity contribution in [3.05, 3.63) is 40.9 Å². The van der Waals surface area contributed by atoms with Gasteiger partial charge in [0.15, 0.2) is 0 Å². The van der Waals surface area contributed by atoms with E-state index in [2.05, 4.69) is 30.8 Å². The van der Waals surface area contributed by atoms with Crippen molar-refractivity contribution in [2.45, 2.75) is 4.90 Å². The predicted octanol–water partition coefficient (Wildman–Crippen LogP) is 2.11. The Labute approximate surface area is 105 Å². The molecule has 0 saturated carbocycles. The van der Waals surface area contributed by atoms with Crippen molar-refractivity contribution in [2.24, 2.45) is 0 Å². The molecule has 2 aromatic rings. The highest BCUT2D eigenvalue weighted by Gasteiger charge is 2.19. The van der Waals surface area contributed by atoms with E-state index in [1.54, 1.807) is 0 Å². The average Bonchev–Trinajstić information content (AvgIpc) is 2.68. The minimum atomic E-state index is -3.94. The van der Waals surface area contributed by atoms with Gasteiger partial charge in [0.25, 0.3) is 10.0 Å². The molecule has 17 heavy (non-hydrogen) atoms. The molecule has 5 nitrogen and oxygen atoms in total. The first-order valence-electron chi connectivity index (χ1n) is 4.46. The van der Waals surface area contributed by atoms with Gasteiger partial charge in [-0.2, -0.15) is 5.10 Å². The van der Waals surface area contributed by atoms with Crippen LogP contribution in [0.1, 0.15) is 0 Å². The van der Waals surface area contributed by atoms with Gasteiger partial charge in [-0.3, -0.25) is 9.82 Å². The number of anilines is 1. The van der Waals surface area contributed by atoms with E-state index in [1.165, 1.54) is 24.5 Å². The van der Waals surface area contributed by atoms with E-state index < -0.39 is 20.7 Å². The monoisotopic (exact) mass is 319 g/mol. The van der Waals surface area contributed by atoms with Crippen molar-refractivity contribution in [1.82, 2.24) is 10.2 Å². The van der Waals surface area contributed by atoms with E-state index in [4.69, 9.17) is 0 Å². The highest BCUT2D eigenvalue weighted by molar-refractivity contribution is 9.10. The van der Waals surface area contributed by atoms with Gasteiger partial charge in [0, 0.05) is 10.7 Å². The summed E-state index contributed by atoms with van der Waals surface area (Å²) in [5.41, 5.74) is 0.243. The highest BCUT2D eigenvalue weighted by atomic mass is 79.9. The van der Waals surface area contributed by atoms with Gasteiger partial charge in [0.2, 0.25) is 0 Å². The van der Waals surface area contributed by atoms with E-state index in [0.29, 0.717) is 4.47 Å². The quantitative estimate of drug-likeness (QED) is 0.909. The van der Waals surface area contributed by atoms with Gasteiger partial charge in [-0.25, -0.2) is 12.8 Å². The fraction of sp³-hybridized carbons (Fsp3) is 0. The summed E-state index contributed by atoms with van der Waals surface area (Å²) in [7, 11) is -3.94. The molecule has 0 spiro atoms. The SMILES string of the molecule is O=S(=O)(Nc1cn[nH]c1)c1ccc(Br)cc1F. The number of nitrogens with one attached hydrogen (secondary N) is 2. The Bertz CT molecular complexity index is 628. The molecule has 1 aromatic carbocycles. The van der Waals surface area contributed by atoms with Gasteiger partial charge in [0.05, 0.1) is 11.9 Å². The van der Waals surface area contributed by atoms with Gasteiger partial charge in [-0.15, -0.1) is 0 Å². The molecule has 0 aliphatic rings. The number of hydrogen-bond donors (Lipinski definition) is 2. The third-order valence-electron chi connectivity index (χ3n) is 1.93. The summed E-state index contributed by atoms with van der Waals surface area (Å²) in [5.74, 6) is -0.824. The Balaban J connectivity index is 2.38. The number of aromatic nitrogens is 2. The van der Waals surface area contributed by atoms with E-state index in [9.17, 15) is 12.8 Å². The summed E-state index contributed by atoms with van der Waals surface area (Å²) in [4.78, 5) is -0.415. The van der Waals surface area contributed by atoms with Crippen LogP contribution >= 0.6 is 15.9 Å². The normalized spacial score (nSPS) is 11.4. The number of rotatable bonds is 3. The molecule has 0 saturated heterocycles. The maximum atomic E-state index is 13.5. The molecule has 0 amide bonds. The number of nitrogens with zero attached hydrogens (tertiary/aromatic N) is 1. The second-order valence-electron chi connectivity index (χ2n) is 3.17. The largest absolute Gasteiger partial charge is 0.284 e. The van der Waals surface area contributed by atoms with Gasteiger partial charge in [-0.05, 0) is 18.2 Å². The average molecular weight is 320 g/mol. The third-order valence-corrected chi connectivity index (χ3v) is 3.84. The first kappa shape index (κ1) is 12.1. The Morgan fingerprint density at radius 2 is 2.18 bits per heavy atom. The molecular formula is C9H7BrFN3O2S. The molecule has 0 radical (unpaired) electrons. The molecule has 8 heteroatoms. The second kappa shape index (κ2) is 4.46. The van der Waals surface area contributed by atoms with Gasteiger partial charge in [0.1, 0.15) is 10.7 Å². The highest BCUT2D eigenvalue weighted by Crippen LogP contribution is 2.21. The Hall–Kier alpha value is -1.41. The molecular weight excluding hydrogens is 313 g/mol. The first-order valence-corrected chi connectivity index (χ1v) is 6.73. The standard InChI is InChI=1S/C9H7BrFN3O2S/c10-6-1-2-9(8(11)3-6)17(15,16)14-7-4-12-13-5-7/h1-5,14H,(H,12,13). The lowest BCUT2D eigenvalue weighted by molar-refractivity contribution is 0.570. The van der Waals surface area contributed by atoms with E-state index in [-0.39, 0.29) is 5.69 Å². The van der Waals surface area contributed by atoms with E-state index in [0.717, 1.165) is 6.07 Å². The van der Waals surface area contributed by atoms with Crippen molar-refractivity contribution in [1.29, 1.82) is 0 Å². The Morgan fingerprint density at radius 3 is 2.76 bits per heavy atom. The molecule has 0 fully saturated rings. The maximum absolute atomic E-state index is 13.5. The lowest BCUT2D eigenvalue weighted by Gasteiger charge is -2.06. The van der Waals surface area contributed by atoms with Crippen LogP contribution < -0.4 is 4.72 Å². The molecule has 2 N–H and O–H groups in total. The number of halogens is 2. The van der Waals surface area contributed by atoms with Crippen molar-refractivity contribution < 1.29 is 12.8 Å². The number of H-pyrrole nitrogens is 1. The van der Waals surface area contributed by atoms with Crippen LogP contribution in [0.15, 0.2) is 40.0 Å². The van der Waals surface area contributed by atoms with Crippen LogP contribution in [0.5, 0.6) is 0 Å². The van der Waals surface area contributed by atoms with Crippen molar-refractivity contribution >= 4 is 31.6 Å². The van der Waals surface area contributed by atoms with Crippen LogP contribution in [0.4, 0.5) is 10.1 Å². The molecule has 1 aromatic heterocycles. The zero-order valence-corrected chi connectivity index (χ0v) is 10.7. The summed E-state index contributed by atoms with van der Waals surface area (Å²) >= 11 is 3.05. The second-order valence-corrected chi connectivity index (χ2v) is 5.73. The fourth-order valence-corrected chi connectivity index (χ4v) is 2.64. The zero-order valence-electron chi connectivity index (χ0n) is 8.31. The zero-order chi connectivity index (χ0) is 12.5. The molecule has 0 atom stereocenters. The Kier molecular flexibility index (Phi) is 3.16. The molecule has 90 valence electrons. The van der Waals surface area contributed by atoms with E-state index >= 15 is 0 Å². The number of benzene rings is 1. The minimum Gasteiger partial charge on any atom is -0.284 e. The summed E-state index contributed by atoms with van der Waals surface area (Å²) < 4.78 is 39.8. The predicted molar refractivity (Wildman–Crippen MR) is 63.5 cm³/mol. The summed E-state index contributed by atoms with van der Waals surface area (Å²) in [6, 6.07) is 3.72. The minimum absolute atomic E-state index is 0.243. The van der Waals surface area contributed by atoms with Crippen LogP contribution in [-0.4, -0.2) is 18.6 Å². The number of aromatic amines is 1. The van der Waals surface area contributed by atoms with Crippen LogP contribution in [-0.2, 0) is 10.0 Å². The molecule has 0 unspecified atom stereocenters. The number of sulfonamides is 1. The van der Waals surface area contributed by atoms with Crippen molar-refractivity contribution in [3.8, 4) is 0 Å². The number of hydrogen-bond acceptors (Lipinski definition) is 3. The van der Waals surface area contributed by atoms with Crippen molar-refractivity contribution in [3.63, 3.8) is 0 Å². The van der Waals surface area contributed by atoms with Crippen LogP contribution in [0.2, 0.25) is 0 Å². The fourth-order valence-electron chi connectivity index (χ4n) is 1.21. The third kappa shape index (κ3) is 2.64. The molecule has 0 bridgehead atoms. The molecule has 1 heterocycles. The van der Waals surface area contributed by atoms with Crippen molar-refractivity contribution in [2.75, 3.05) is 4.72 Å².